The molecule has 0 saturated heterocycles. The molecular weight excluding hydrogens is 246 g/mol. The highest BCUT2D eigenvalue weighted by Gasteiger charge is 2.26. The molecule has 0 fully saturated rings. The fraction of sp³-hybridized carbons (Fsp3) is 0.0833. The van der Waals surface area contributed by atoms with Crippen LogP contribution < -0.4 is 16.4 Å². The fourth-order valence-electron chi connectivity index (χ4n) is 1.99. The summed E-state index contributed by atoms with van der Waals surface area (Å²) in [5, 5.41) is 9.39. The van der Waals surface area contributed by atoms with Gasteiger partial charge in [-0.3, -0.25) is 19.6 Å². The van der Waals surface area contributed by atoms with Crippen molar-refractivity contribution in [1.82, 2.24) is 15.1 Å². The van der Waals surface area contributed by atoms with Crippen LogP contribution in [0.1, 0.15) is 20.7 Å². The smallest absolute Gasteiger partial charge is 0.259 e. The summed E-state index contributed by atoms with van der Waals surface area (Å²) in [6.45, 7) is 0. The fourth-order valence-corrected chi connectivity index (χ4v) is 1.99. The average molecular weight is 257 g/mol. The third-order valence-electron chi connectivity index (χ3n) is 2.86. The quantitative estimate of drug-likeness (QED) is 0.685. The molecule has 0 saturated carbocycles. The number of nitrogen functional groups attached to an aromatic ring is 1. The number of aromatic nitrogens is 2. The normalized spacial score (nSPS) is 13.3. The number of nitrogens with two attached hydrogens (primary N) is 1. The lowest BCUT2D eigenvalue weighted by atomic mass is 10.1. The number of benzene rings is 1. The molecule has 4 N–H and O–H groups in total. The first-order chi connectivity index (χ1) is 9.04. The highest BCUT2D eigenvalue weighted by molar-refractivity contribution is 6.21. The summed E-state index contributed by atoms with van der Waals surface area (Å²) >= 11 is 0. The van der Waals surface area contributed by atoms with Gasteiger partial charge in [-0.15, -0.1) is 0 Å². The highest BCUT2D eigenvalue weighted by atomic mass is 16.2. The molecule has 0 spiro atoms. The maximum atomic E-state index is 11.5. The van der Waals surface area contributed by atoms with Crippen molar-refractivity contribution in [1.29, 1.82) is 0 Å². The Morgan fingerprint density at radius 3 is 2.68 bits per heavy atom. The van der Waals surface area contributed by atoms with Gasteiger partial charge in [0.2, 0.25) is 0 Å². The molecule has 3 rings (SSSR count). The predicted molar refractivity (Wildman–Crippen MR) is 69.1 cm³/mol. The van der Waals surface area contributed by atoms with Crippen molar-refractivity contribution in [3.8, 4) is 0 Å². The van der Waals surface area contributed by atoms with Gasteiger partial charge in [0.05, 0.1) is 16.8 Å². The molecule has 1 aromatic heterocycles. The lowest BCUT2D eigenvalue weighted by Gasteiger charge is -2.05. The lowest BCUT2D eigenvalue weighted by molar-refractivity contribution is 0.0879. The van der Waals surface area contributed by atoms with Gasteiger partial charge >= 0.3 is 0 Å². The number of carbonyl (C=O) groups is 2. The number of nitrogens with one attached hydrogen (secondary N) is 2. The van der Waals surface area contributed by atoms with E-state index >= 15 is 0 Å². The van der Waals surface area contributed by atoms with Gasteiger partial charge in [0, 0.05) is 18.9 Å². The van der Waals surface area contributed by atoms with E-state index in [-0.39, 0.29) is 5.91 Å². The number of aryl methyl sites for hydroxylation is 1. The van der Waals surface area contributed by atoms with E-state index in [1.54, 1.807) is 36.1 Å². The zero-order valence-corrected chi connectivity index (χ0v) is 10.1. The Hall–Kier alpha value is -2.83. The second kappa shape index (κ2) is 3.84. The summed E-state index contributed by atoms with van der Waals surface area (Å²) in [4.78, 5) is 23.0. The van der Waals surface area contributed by atoms with Gasteiger partial charge < -0.3 is 11.1 Å². The van der Waals surface area contributed by atoms with E-state index in [2.05, 4.69) is 15.7 Å². The van der Waals surface area contributed by atoms with Crippen LogP contribution in [0, 0.1) is 0 Å². The molecule has 1 aromatic carbocycles. The largest absolute Gasteiger partial charge is 0.394 e. The topological polar surface area (TPSA) is 102 Å². The number of carbonyl (C=O) groups excluding carboxylic acids is 2. The second-order valence-electron chi connectivity index (χ2n) is 4.28. The summed E-state index contributed by atoms with van der Waals surface area (Å²) in [5.74, 6) is -0.256. The Morgan fingerprint density at radius 1 is 1.26 bits per heavy atom. The van der Waals surface area contributed by atoms with E-state index in [1.165, 1.54) is 0 Å². The molecule has 0 atom stereocenters. The molecule has 7 nitrogen and oxygen atoms in total. The first-order valence-corrected chi connectivity index (χ1v) is 5.60. The Morgan fingerprint density at radius 2 is 2.00 bits per heavy atom. The summed E-state index contributed by atoms with van der Waals surface area (Å²) in [7, 11) is 1.76. The molecule has 2 heterocycles. The first-order valence-electron chi connectivity index (χ1n) is 5.60. The molecule has 7 heteroatoms. The van der Waals surface area contributed by atoms with Gasteiger partial charge in [-0.25, -0.2) is 0 Å². The summed E-state index contributed by atoms with van der Waals surface area (Å²) < 4.78 is 1.58. The molecule has 1 aliphatic heterocycles. The van der Waals surface area contributed by atoms with Crippen LogP contribution in [0.25, 0.3) is 0 Å². The number of rotatable bonds is 2. The summed E-state index contributed by atoms with van der Waals surface area (Å²) in [6, 6.07) is 4.89. The van der Waals surface area contributed by atoms with E-state index in [4.69, 9.17) is 5.73 Å². The monoisotopic (exact) mass is 257 g/mol. The molecule has 2 amide bonds. The van der Waals surface area contributed by atoms with Crippen LogP contribution in [-0.4, -0.2) is 21.6 Å². The van der Waals surface area contributed by atoms with Crippen molar-refractivity contribution >= 4 is 29.0 Å². The van der Waals surface area contributed by atoms with Crippen LogP contribution in [0.15, 0.2) is 24.4 Å². The number of nitrogens with zero attached hydrogens (tertiary/aromatic N) is 2. The molecule has 0 bridgehead atoms. The van der Waals surface area contributed by atoms with Gasteiger partial charge in [0.1, 0.15) is 0 Å². The highest BCUT2D eigenvalue weighted by Crippen LogP contribution is 2.24. The standard InChI is InChI=1S/C12H11N5O2/c1-17-5-9(13)10(16-17)14-6-2-3-7-8(4-6)12(19)15-11(7)18/h2-5H,13H2,1H3,(H,14,16)(H,15,18,19). The van der Waals surface area contributed by atoms with E-state index in [1.807, 2.05) is 0 Å². The first kappa shape index (κ1) is 11.3. The van der Waals surface area contributed by atoms with Crippen LogP contribution in [0.3, 0.4) is 0 Å². The Kier molecular flexibility index (Phi) is 2.28. The average Bonchev–Trinajstić information content (AvgIpc) is 2.81. The number of imide groups is 1. The van der Waals surface area contributed by atoms with Gasteiger partial charge in [-0.2, -0.15) is 5.10 Å². The van der Waals surface area contributed by atoms with Crippen LogP contribution in [0.4, 0.5) is 17.2 Å². The number of amides is 2. The molecule has 19 heavy (non-hydrogen) atoms. The Bertz CT molecular complexity index is 704. The van der Waals surface area contributed by atoms with Crippen LogP contribution in [0.5, 0.6) is 0 Å². The number of hydrogen-bond acceptors (Lipinski definition) is 5. The maximum Gasteiger partial charge on any atom is 0.259 e. The maximum absolute atomic E-state index is 11.5. The van der Waals surface area contributed by atoms with E-state index in [0.717, 1.165) is 0 Å². The lowest BCUT2D eigenvalue weighted by Crippen LogP contribution is -2.19. The van der Waals surface area contributed by atoms with E-state index in [9.17, 15) is 9.59 Å². The number of anilines is 3. The molecule has 0 aliphatic carbocycles. The van der Waals surface area contributed by atoms with Gasteiger partial charge in [0.25, 0.3) is 11.8 Å². The molecule has 1 aliphatic rings. The summed E-state index contributed by atoms with van der Waals surface area (Å²) in [5.41, 5.74) is 7.65. The predicted octanol–water partition coefficient (Wildman–Crippen LogP) is 0.629. The van der Waals surface area contributed by atoms with Crippen molar-refractivity contribution in [2.24, 2.45) is 7.05 Å². The molecule has 0 unspecified atom stereocenters. The third kappa shape index (κ3) is 1.81. The summed E-state index contributed by atoms with van der Waals surface area (Å²) in [6.07, 6.45) is 1.67. The second-order valence-corrected chi connectivity index (χ2v) is 4.28. The zero-order chi connectivity index (χ0) is 13.6. The molecule has 0 radical (unpaired) electrons. The van der Waals surface area contributed by atoms with Crippen LogP contribution in [0.2, 0.25) is 0 Å². The van der Waals surface area contributed by atoms with Gasteiger partial charge in [0.15, 0.2) is 5.82 Å². The Labute approximate surface area is 108 Å². The van der Waals surface area contributed by atoms with Crippen LogP contribution in [-0.2, 0) is 7.05 Å². The van der Waals surface area contributed by atoms with Crippen LogP contribution >= 0.6 is 0 Å². The Balaban J connectivity index is 1.95. The van der Waals surface area contributed by atoms with Crippen molar-refractivity contribution in [2.45, 2.75) is 0 Å². The van der Waals surface area contributed by atoms with Crippen molar-refractivity contribution in [3.63, 3.8) is 0 Å². The number of fused-ring (bicyclic) bond motifs is 1. The number of hydrogen-bond donors (Lipinski definition) is 3. The minimum atomic E-state index is -0.391. The minimum Gasteiger partial charge on any atom is -0.394 e. The third-order valence-corrected chi connectivity index (χ3v) is 2.86. The minimum absolute atomic E-state index is 0.351. The SMILES string of the molecule is Cn1cc(N)c(Nc2ccc3c(c2)C(=O)NC3=O)n1. The molecule has 96 valence electrons. The molecule has 2 aromatic rings. The van der Waals surface area contributed by atoms with Gasteiger partial charge in [-0.1, -0.05) is 0 Å². The van der Waals surface area contributed by atoms with E-state index in [0.29, 0.717) is 28.3 Å². The van der Waals surface area contributed by atoms with Crippen molar-refractivity contribution in [3.05, 3.63) is 35.5 Å². The van der Waals surface area contributed by atoms with Crippen molar-refractivity contribution in [2.75, 3.05) is 11.1 Å². The van der Waals surface area contributed by atoms with E-state index < -0.39 is 5.91 Å². The zero-order valence-electron chi connectivity index (χ0n) is 10.1. The molecular formula is C12H11N5O2. The van der Waals surface area contributed by atoms with Gasteiger partial charge in [-0.05, 0) is 18.2 Å². The van der Waals surface area contributed by atoms with Crippen molar-refractivity contribution < 1.29 is 9.59 Å².